The zero-order chi connectivity index (χ0) is 50.5. The molecule has 0 amide bonds. The van der Waals surface area contributed by atoms with Gasteiger partial charge in [-0.05, 0) is 164 Å². The molecular weight excluding hydrogens is 904 g/mol. The lowest BCUT2D eigenvalue weighted by molar-refractivity contribution is 0.569. The van der Waals surface area contributed by atoms with Crippen molar-refractivity contribution in [2.24, 2.45) is 0 Å². The van der Waals surface area contributed by atoms with E-state index in [1.165, 1.54) is 148 Å². The molecule has 358 valence electrons. The molecule has 15 rings (SSSR count). The number of aromatic nitrogens is 1. The molecule has 3 heterocycles. The molecule has 0 spiro atoms. The number of hydrogen-bond donors (Lipinski definition) is 0. The first-order valence-electron chi connectivity index (χ1n) is 27.0. The summed E-state index contributed by atoms with van der Waals surface area (Å²) in [5.74, 6) is 0. The highest BCUT2D eigenvalue weighted by Crippen LogP contribution is 2.52. The average molecular weight is 961 g/mol. The Kier molecular flexibility index (Phi) is 9.44. The van der Waals surface area contributed by atoms with Crippen molar-refractivity contribution >= 4 is 111 Å². The van der Waals surface area contributed by atoms with Crippen LogP contribution in [0.2, 0.25) is 0 Å². The summed E-state index contributed by atoms with van der Waals surface area (Å²) in [5.41, 5.74) is 19.5. The van der Waals surface area contributed by atoms with Crippen LogP contribution in [0.3, 0.4) is 0 Å². The molecule has 1 aromatic heterocycles. The van der Waals surface area contributed by atoms with Crippen LogP contribution in [0.5, 0.6) is 0 Å². The molecule has 2 nitrogen and oxygen atoms in total. The summed E-state index contributed by atoms with van der Waals surface area (Å²) in [5, 5.41) is 15.6. The van der Waals surface area contributed by atoms with Crippen molar-refractivity contribution in [2.45, 2.75) is 65.2 Å². The third kappa shape index (κ3) is 6.60. The van der Waals surface area contributed by atoms with Gasteiger partial charge in [-0.3, -0.25) is 0 Å². The maximum Gasteiger partial charge on any atom is 0.333 e. The first-order valence-corrected chi connectivity index (χ1v) is 27.0. The molecule has 12 aromatic carbocycles. The number of nitrogens with zero attached hydrogens (tertiary/aromatic N) is 2. The summed E-state index contributed by atoms with van der Waals surface area (Å²) in [6.45, 7) is 14.1. The second-order valence-corrected chi connectivity index (χ2v) is 23.6. The van der Waals surface area contributed by atoms with Crippen LogP contribution in [0.25, 0.3) is 86.8 Å². The van der Waals surface area contributed by atoms with Crippen molar-refractivity contribution in [3.63, 3.8) is 0 Å². The van der Waals surface area contributed by atoms with Gasteiger partial charge in [-0.1, -0.05) is 217 Å². The van der Waals surface area contributed by atoms with E-state index >= 15 is 0 Å². The van der Waals surface area contributed by atoms with Gasteiger partial charge in [-0.25, -0.2) is 0 Å². The van der Waals surface area contributed by atoms with Crippen LogP contribution in [-0.2, 0) is 23.7 Å². The van der Waals surface area contributed by atoms with Gasteiger partial charge in [0.2, 0.25) is 0 Å². The normalized spacial score (nSPS) is 13.3. The molecule has 75 heavy (non-hydrogen) atoms. The molecule has 2 aliphatic heterocycles. The highest BCUT2D eigenvalue weighted by Gasteiger charge is 2.45. The molecule has 3 heteroatoms. The molecule has 0 fully saturated rings. The van der Waals surface area contributed by atoms with E-state index in [2.05, 4.69) is 263 Å². The predicted molar refractivity (Wildman–Crippen MR) is 323 cm³/mol. The second kappa shape index (κ2) is 16.1. The number of rotatable bonds is 5. The monoisotopic (exact) mass is 960 g/mol. The molecule has 0 radical (unpaired) electrons. The summed E-state index contributed by atoms with van der Waals surface area (Å²) in [6.07, 6.45) is 1.64. The van der Waals surface area contributed by atoms with E-state index in [4.69, 9.17) is 0 Å². The molecule has 0 saturated heterocycles. The van der Waals surface area contributed by atoms with E-state index in [1.54, 1.807) is 0 Å². The number of fused-ring (bicyclic) bond motifs is 15. The molecular formula is C72H57BN2. The largest absolute Gasteiger partial charge is 0.375 e. The Morgan fingerprint density at radius 1 is 0.400 bits per heavy atom. The third-order valence-electron chi connectivity index (χ3n) is 17.1. The fourth-order valence-electron chi connectivity index (χ4n) is 13.5. The van der Waals surface area contributed by atoms with E-state index < -0.39 is 0 Å². The van der Waals surface area contributed by atoms with Crippen molar-refractivity contribution in [3.8, 4) is 11.1 Å². The average Bonchev–Trinajstić information content (AvgIpc) is 3.83. The second-order valence-electron chi connectivity index (χ2n) is 23.6. The predicted octanol–water partition coefficient (Wildman–Crippen LogP) is 17.8. The smallest absolute Gasteiger partial charge is 0.333 e. The van der Waals surface area contributed by atoms with Gasteiger partial charge in [0.15, 0.2) is 0 Å². The summed E-state index contributed by atoms with van der Waals surface area (Å²) >= 11 is 0. The topological polar surface area (TPSA) is 8.17 Å². The van der Waals surface area contributed by atoms with Gasteiger partial charge in [0.1, 0.15) is 0 Å². The Morgan fingerprint density at radius 2 is 0.907 bits per heavy atom. The summed E-state index contributed by atoms with van der Waals surface area (Å²) in [6, 6.07) is 81.5. The first kappa shape index (κ1) is 44.1. The molecule has 2 aliphatic rings. The fraction of sp³-hybridized carbons (Fsp3) is 0.139. The maximum atomic E-state index is 2.79. The molecule has 0 atom stereocenters. The van der Waals surface area contributed by atoms with Gasteiger partial charge in [-0.2, -0.15) is 0 Å². The van der Waals surface area contributed by atoms with Crippen LogP contribution < -0.4 is 15.8 Å². The van der Waals surface area contributed by atoms with Gasteiger partial charge in [0.05, 0.1) is 0 Å². The van der Waals surface area contributed by atoms with Gasteiger partial charge >= 0.3 is 6.85 Å². The van der Waals surface area contributed by atoms with E-state index in [9.17, 15) is 0 Å². The third-order valence-corrected chi connectivity index (χ3v) is 17.1. The lowest BCUT2D eigenvalue weighted by atomic mass is 9.44. The minimum Gasteiger partial charge on any atom is -0.375 e. The zero-order valence-electron chi connectivity index (χ0n) is 43.6. The van der Waals surface area contributed by atoms with Crippen LogP contribution in [0.1, 0.15) is 74.9 Å². The lowest BCUT2D eigenvalue weighted by Gasteiger charge is -2.42. The Bertz CT molecular complexity index is 4520. The van der Waals surface area contributed by atoms with Gasteiger partial charge in [0.25, 0.3) is 0 Å². The Morgan fingerprint density at radius 3 is 1.51 bits per heavy atom. The Labute approximate surface area is 439 Å². The Hall–Kier alpha value is -8.40. The SMILES string of the molecule is CC(C)(C)c1cc(N2c3cc4c(Cc5ccccc5)c5ccccc5c(Cc5ccccc5)c4cc3B3c4c2cc2ccccc2c4-c2cc4ccccc4c4c5c6ccccc6ccc5n3c24)cc(C(C)(C)C)c1. The maximum absolute atomic E-state index is 2.79. The first-order chi connectivity index (χ1) is 36.5. The van der Waals surface area contributed by atoms with E-state index in [0.29, 0.717) is 0 Å². The summed E-state index contributed by atoms with van der Waals surface area (Å²) in [7, 11) is 0. The summed E-state index contributed by atoms with van der Waals surface area (Å²) in [4.78, 5) is 2.70. The number of benzene rings is 12. The van der Waals surface area contributed by atoms with Crippen LogP contribution in [0, 0.1) is 0 Å². The van der Waals surface area contributed by atoms with Crippen LogP contribution in [0.4, 0.5) is 17.1 Å². The Balaban J connectivity index is 1.17. The standard InChI is InChI=1S/C72H57BN2/c1-71(2,3)49-39-50(72(4,5)6)41-51(40-49)74-64-43-60-58(36-45-23-11-8-12-24-45)56-32-20-19-31-55(56)57(35-44-21-9-7-10-22-44)59(60)42-62(64)73-69-65(74)38-48-27-15-17-29-53(48)66(69)61-37-47-26-14-18-30-54(47)68-67-52-28-16-13-25-46(52)33-34-63(67)75(73)70(61)68/h7-34,37-43H,35-36H2,1-6H3. The van der Waals surface area contributed by atoms with Crippen LogP contribution in [0.15, 0.2) is 212 Å². The van der Waals surface area contributed by atoms with Crippen molar-refractivity contribution in [3.05, 3.63) is 246 Å². The van der Waals surface area contributed by atoms with Gasteiger partial charge < -0.3 is 9.38 Å². The summed E-state index contributed by atoms with van der Waals surface area (Å²) < 4.78 is 2.79. The van der Waals surface area contributed by atoms with E-state index in [1.807, 2.05) is 0 Å². The van der Waals surface area contributed by atoms with E-state index in [0.717, 1.165) is 12.8 Å². The number of hydrogen-bond acceptors (Lipinski definition) is 1. The highest BCUT2D eigenvalue weighted by molar-refractivity contribution is 6.90. The number of anilines is 3. The molecule has 0 bridgehead atoms. The van der Waals surface area contributed by atoms with Crippen LogP contribution >= 0.6 is 0 Å². The highest BCUT2D eigenvalue weighted by atomic mass is 15.2. The van der Waals surface area contributed by atoms with Crippen molar-refractivity contribution in [2.75, 3.05) is 4.90 Å². The molecule has 0 unspecified atom stereocenters. The minimum atomic E-state index is -0.147. The fourth-order valence-corrected chi connectivity index (χ4v) is 13.5. The molecule has 0 aliphatic carbocycles. The van der Waals surface area contributed by atoms with Crippen LogP contribution in [-0.4, -0.2) is 11.3 Å². The van der Waals surface area contributed by atoms with Gasteiger partial charge in [0, 0.05) is 44.4 Å². The minimum absolute atomic E-state index is 0.0874. The lowest BCUT2D eigenvalue weighted by Crippen LogP contribution is -2.56. The van der Waals surface area contributed by atoms with Crippen molar-refractivity contribution < 1.29 is 0 Å². The molecule has 13 aromatic rings. The van der Waals surface area contributed by atoms with Gasteiger partial charge in [-0.15, -0.1) is 0 Å². The van der Waals surface area contributed by atoms with Crippen molar-refractivity contribution in [1.82, 2.24) is 4.48 Å². The molecule has 0 N–H and O–H groups in total. The van der Waals surface area contributed by atoms with Crippen molar-refractivity contribution in [1.29, 1.82) is 0 Å². The zero-order valence-corrected chi connectivity index (χ0v) is 43.6. The quantitative estimate of drug-likeness (QED) is 0.123. The molecule has 0 saturated carbocycles. The van der Waals surface area contributed by atoms with E-state index in [-0.39, 0.29) is 17.7 Å².